The first-order valence-corrected chi connectivity index (χ1v) is 8.23. The van der Waals surface area contributed by atoms with Crippen molar-refractivity contribution in [2.24, 2.45) is 0 Å². The second-order valence-corrected chi connectivity index (χ2v) is 6.40. The molecular weight excluding hydrogens is 365 g/mol. The molecule has 0 saturated carbocycles. The van der Waals surface area contributed by atoms with Gasteiger partial charge in [0.15, 0.2) is 12.4 Å². The maximum absolute atomic E-state index is 12.3. The van der Waals surface area contributed by atoms with Crippen LogP contribution in [0.1, 0.15) is 39.1 Å². The molecule has 0 aliphatic carbocycles. The molecule has 3 rings (SSSR count). The van der Waals surface area contributed by atoms with Crippen molar-refractivity contribution in [3.05, 3.63) is 63.1 Å². The van der Waals surface area contributed by atoms with Crippen LogP contribution in [0.15, 0.2) is 36.4 Å². The third-order valence-electron chi connectivity index (χ3n) is 4.00. The number of halogens is 2. The van der Waals surface area contributed by atoms with Gasteiger partial charge in [0, 0.05) is 11.3 Å². The van der Waals surface area contributed by atoms with E-state index in [2.05, 4.69) is 5.32 Å². The Morgan fingerprint density at radius 1 is 1.20 bits per heavy atom. The van der Waals surface area contributed by atoms with E-state index in [1.807, 2.05) is 0 Å². The van der Waals surface area contributed by atoms with Crippen molar-refractivity contribution in [1.82, 2.24) is 0 Å². The normalized spacial score (nSPS) is 15.5. The smallest absolute Gasteiger partial charge is 0.340 e. The van der Waals surface area contributed by atoms with Gasteiger partial charge in [-0.1, -0.05) is 29.3 Å². The molecule has 0 saturated heterocycles. The maximum atomic E-state index is 12.3. The Balaban J connectivity index is 1.70. The Labute approximate surface area is 153 Å². The maximum Gasteiger partial charge on any atom is 0.340 e. The third-order valence-corrected chi connectivity index (χ3v) is 4.82. The molecule has 1 heterocycles. The number of carbonyl (C=O) groups is 3. The van der Waals surface area contributed by atoms with Crippen molar-refractivity contribution in [1.29, 1.82) is 0 Å². The van der Waals surface area contributed by atoms with E-state index < -0.39 is 12.6 Å². The lowest BCUT2D eigenvalue weighted by atomic mass is 9.99. The van der Waals surface area contributed by atoms with Crippen molar-refractivity contribution >= 4 is 46.5 Å². The zero-order chi connectivity index (χ0) is 18.1. The summed E-state index contributed by atoms with van der Waals surface area (Å²) < 4.78 is 5.03. The second kappa shape index (κ2) is 6.86. The number of hydrogen-bond acceptors (Lipinski definition) is 4. The van der Waals surface area contributed by atoms with Crippen LogP contribution >= 0.6 is 23.2 Å². The lowest BCUT2D eigenvalue weighted by Crippen LogP contribution is -2.15. The number of ether oxygens (including phenoxy) is 1. The highest BCUT2D eigenvalue weighted by molar-refractivity contribution is 6.43. The van der Waals surface area contributed by atoms with Crippen LogP contribution in [0.5, 0.6) is 0 Å². The van der Waals surface area contributed by atoms with Crippen molar-refractivity contribution in [3.63, 3.8) is 0 Å². The van der Waals surface area contributed by atoms with Crippen LogP contribution in [0, 0.1) is 0 Å². The minimum absolute atomic E-state index is 0.0811. The molecule has 1 N–H and O–H groups in total. The average molecular weight is 378 g/mol. The fourth-order valence-electron chi connectivity index (χ4n) is 2.54. The van der Waals surface area contributed by atoms with E-state index in [4.69, 9.17) is 27.9 Å². The number of benzene rings is 2. The summed E-state index contributed by atoms with van der Waals surface area (Å²) in [5.41, 5.74) is 1.91. The molecular formula is C18H13Cl2NO4. The number of fused-ring (bicyclic) bond motifs is 1. The van der Waals surface area contributed by atoms with Crippen LogP contribution in [-0.2, 0) is 9.53 Å². The van der Waals surface area contributed by atoms with Crippen LogP contribution in [0.25, 0.3) is 0 Å². The molecule has 0 spiro atoms. The zero-order valence-electron chi connectivity index (χ0n) is 13.1. The summed E-state index contributed by atoms with van der Waals surface area (Å²) in [6.07, 6.45) is 0. The van der Waals surface area contributed by atoms with Gasteiger partial charge in [-0.25, -0.2) is 4.79 Å². The van der Waals surface area contributed by atoms with Gasteiger partial charge in [-0.2, -0.15) is 0 Å². The van der Waals surface area contributed by atoms with Gasteiger partial charge in [-0.05, 0) is 42.8 Å². The highest BCUT2D eigenvalue weighted by Crippen LogP contribution is 2.32. The number of ketones is 1. The Morgan fingerprint density at radius 3 is 2.72 bits per heavy atom. The quantitative estimate of drug-likeness (QED) is 0.643. The number of anilines is 1. The molecule has 0 unspecified atom stereocenters. The van der Waals surface area contributed by atoms with Gasteiger partial charge >= 0.3 is 5.97 Å². The number of amides is 1. The Morgan fingerprint density at radius 2 is 1.96 bits per heavy atom. The molecule has 2 aromatic rings. The summed E-state index contributed by atoms with van der Waals surface area (Å²) in [6, 6.07) is 9.47. The molecule has 7 heteroatoms. The predicted octanol–water partition coefficient (Wildman–Crippen LogP) is 4.09. The zero-order valence-corrected chi connectivity index (χ0v) is 14.6. The monoisotopic (exact) mass is 377 g/mol. The Bertz CT molecular complexity index is 895. The van der Waals surface area contributed by atoms with Crippen LogP contribution in [0.3, 0.4) is 0 Å². The summed E-state index contributed by atoms with van der Waals surface area (Å²) in [5, 5.41) is 3.04. The summed E-state index contributed by atoms with van der Waals surface area (Å²) >= 11 is 11.8. The van der Waals surface area contributed by atoms with E-state index in [-0.39, 0.29) is 33.2 Å². The molecule has 2 aromatic carbocycles. The molecule has 5 nitrogen and oxygen atoms in total. The number of nitrogens with one attached hydrogen (secondary N) is 1. The minimum atomic E-state index is -0.729. The van der Waals surface area contributed by atoms with Crippen LogP contribution in [0.2, 0.25) is 10.0 Å². The van der Waals surface area contributed by atoms with Gasteiger partial charge in [-0.3, -0.25) is 9.59 Å². The number of carbonyl (C=O) groups excluding carboxylic acids is 3. The fourth-order valence-corrected chi connectivity index (χ4v) is 2.92. The lowest BCUT2D eigenvalue weighted by molar-refractivity contribution is -0.116. The summed E-state index contributed by atoms with van der Waals surface area (Å²) in [5.74, 6) is -1.54. The number of Topliss-reactive ketones (excluding diaryl/α,β-unsaturated/α-hetero) is 1. The molecule has 0 radical (unpaired) electrons. The molecule has 1 atom stereocenters. The first kappa shape index (κ1) is 17.5. The third kappa shape index (κ3) is 3.38. The lowest BCUT2D eigenvalue weighted by Gasteiger charge is -2.08. The molecule has 1 amide bonds. The number of hydrogen-bond donors (Lipinski definition) is 1. The van der Waals surface area contributed by atoms with Crippen LogP contribution in [0.4, 0.5) is 5.69 Å². The van der Waals surface area contributed by atoms with Gasteiger partial charge in [0.25, 0.3) is 0 Å². The van der Waals surface area contributed by atoms with E-state index >= 15 is 0 Å². The van der Waals surface area contributed by atoms with Gasteiger partial charge in [0.2, 0.25) is 5.91 Å². The van der Waals surface area contributed by atoms with Gasteiger partial charge in [-0.15, -0.1) is 0 Å². The summed E-state index contributed by atoms with van der Waals surface area (Å²) in [6.45, 7) is 1.33. The second-order valence-electron chi connectivity index (χ2n) is 5.61. The van der Waals surface area contributed by atoms with Crippen molar-refractivity contribution in [2.45, 2.75) is 12.8 Å². The molecule has 1 aliphatic rings. The average Bonchev–Trinajstić information content (AvgIpc) is 2.89. The van der Waals surface area contributed by atoms with E-state index in [1.54, 1.807) is 37.3 Å². The summed E-state index contributed by atoms with van der Waals surface area (Å²) in [4.78, 5) is 36.0. The van der Waals surface area contributed by atoms with Crippen molar-refractivity contribution < 1.29 is 19.1 Å². The fraction of sp³-hybridized carbons (Fsp3) is 0.167. The Hall–Kier alpha value is -2.37. The standard InChI is InChI=1S/C18H13Cl2NO4/c1-9-12-7-10(5-6-14(12)21-17(9)23)15(22)8-25-18(24)11-3-2-4-13(19)16(11)20/h2-7,9H,8H2,1H3,(H,21,23)/t9-/m0/s1. The first-order chi connectivity index (χ1) is 11.9. The topological polar surface area (TPSA) is 72.5 Å². The largest absolute Gasteiger partial charge is 0.454 e. The Kier molecular flexibility index (Phi) is 4.79. The van der Waals surface area contributed by atoms with Crippen LogP contribution < -0.4 is 5.32 Å². The van der Waals surface area contributed by atoms with E-state index in [9.17, 15) is 14.4 Å². The van der Waals surface area contributed by atoms with Gasteiger partial charge in [0.1, 0.15) is 0 Å². The van der Waals surface area contributed by atoms with E-state index in [1.165, 1.54) is 6.07 Å². The van der Waals surface area contributed by atoms with Crippen molar-refractivity contribution in [3.8, 4) is 0 Å². The molecule has 25 heavy (non-hydrogen) atoms. The molecule has 0 fully saturated rings. The van der Waals surface area contributed by atoms with E-state index in [0.717, 1.165) is 5.56 Å². The van der Waals surface area contributed by atoms with Crippen LogP contribution in [-0.4, -0.2) is 24.3 Å². The van der Waals surface area contributed by atoms with Gasteiger partial charge in [0.05, 0.1) is 21.5 Å². The number of rotatable bonds is 4. The van der Waals surface area contributed by atoms with Crippen molar-refractivity contribution in [2.75, 3.05) is 11.9 Å². The van der Waals surface area contributed by atoms with Gasteiger partial charge < -0.3 is 10.1 Å². The molecule has 128 valence electrons. The number of esters is 1. The highest BCUT2D eigenvalue weighted by Gasteiger charge is 2.27. The summed E-state index contributed by atoms with van der Waals surface area (Å²) in [7, 11) is 0. The minimum Gasteiger partial charge on any atom is -0.454 e. The highest BCUT2D eigenvalue weighted by atomic mass is 35.5. The molecule has 0 aromatic heterocycles. The van der Waals surface area contributed by atoms with E-state index in [0.29, 0.717) is 11.3 Å². The molecule has 0 bridgehead atoms. The first-order valence-electron chi connectivity index (χ1n) is 7.47. The SMILES string of the molecule is C[C@@H]1C(=O)Nc2ccc(C(=O)COC(=O)c3cccc(Cl)c3Cl)cc21. The molecule has 1 aliphatic heterocycles. The predicted molar refractivity (Wildman–Crippen MR) is 94.6 cm³/mol.